The minimum absolute atomic E-state index is 0.0919. The lowest BCUT2D eigenvalue weighted by atomic mass is 10.2. The van der Waals surface area contributed by atoms with Gasteiger partial charge in [-0.25, -0.2) is 9.24 Å². The van der Waals surface area contributed by atoms with E-state index < -0.39 is 16.4 Å². The van der Waals surface area contributed by atoms with E-state index in [0.717, 1.165) is 12.1 Å². The molecule has 6 heteroatoms. The van der Waals surface area contributed by atoms with Gasteiger partial charge in [-0.3, -0.25) is 10.1 Å². The first-order chi connectivity index (χ1) is 6.06. The highest BCUT2D eigenvalue weighted by Crippen LogP contribution is 2.35. The van der Waals surface area contributed by atoms with Crippen molar-refractivity contribution in [3.05, 3.63) is 44.0 Å². The number of nitrogens with zero attached hydrogens (tertiary/aromatic N) is 2. The smallest absolute Gasteiger partial charge is 0.260 e. The summed E-state index contributed by atoms with van der Waals surface area (Å²) in [5, 5.41) is 10.4. The zero-order chi connectivity index (χ0) is 10.0. The molecule has 66 valence electrons. The van der Waals surface area contributed by atoms with Crippen molar-refractivity contribution in [2.45, 2.75) is 0 Å². The second-order valence-electron chi connectivity index (χ2n) is 2.12. The Labute approximate surface area is 81.1 Å². The minimum Gasteiger partial charge on any atom is -0.260 e. The van der Waals surface area contributed by atoms with Crippen LogP contribution in [-0.4, -0.2) is 4.92 Å². The maximum Gasteiger partial charge on any atom is 0.283 e. The SMILES string of the molecule is [C-]#[N+]c1c(Br)cc(F)cc1[N+](=O)[O-]. The summed E-state index contributed by atoms with van der Waals surface area (Å²) >= 11 is 2.87. The third kappa shape index (κ3) is 1.81. The molecule has 0 bridgehead atoms. The monoisotopic (exact) mass is 244 g/mol. The summed E-state index contributed by atoms with van der Waals surface area (Å²) in [5.74, 6) is -0.744. The number of rotatable bonds is 1. The summed E-state index contributed by atoms with van der Waals surface area (Å²) in [7, 11) is 0. The van der Waals surface area contributed by atoms with Gasteiger partial charge in [-0.2, -0.15) is 0 Å². The summed E-state index contributed by atoms with van der Waals surface area (Å²) < 4.78 is 12.8. The van der Waals surface area contributed by atoms with E-state index in [1.54, 1.807) is 0 Å². The van der Waals surface area contributed by atoms with E-state index >= 15 is 0 Å². The van der Waals surface area contributed by atoms with Crippen molar-refractivity contribution in [1.82, 2.24) is 0 Å². The second-order valence-corrected chi connectivity index (χ2v) is 2.98. The van der Waals surface area contributed by atoms with Crippen molar-refractivity contribution in [3.8, 4) is 0 Å². The van der Waals surface area contributed by atoms with Crippen LogP contribution < -0.4 is 0 Å². The van der Waals surface area contributed by atoms with Crippen LogP contribution in [0.15, 0.2) is 16.6 Å². The molecule has 1 aromatic rings. The Balaban J connectivity index is 3.50. The first kappa shape index (κ1) is 9.61. The molecule has 4 nitrogen and oxygen atoms in total. The fourth-order valence-corrected chi connectivity index (χ4v) is 1.31. The van der Waals surface area contributed by atoms with Crippen molar-refractivity contribution >= 4 is 27.3 Å². The number of hydrogen-bond donors (Lipinski definition) is 0. The Morgan fingerprint density at radius 1 is 1.62 bits per heavy atom. The molecule has 0 unspecified atom stereocenters. The summed E-state index contributed by atoms with van der Waals surface area (Å²) in [6, 6.07) is 1.73. The molecule has 0 heterocycles. The summed E-state index contributed by atoms with van der Waals surface area (Å²) in [4.78, 5) is 12.5. The Bertz CT molecular complexity index is 414. The fraction of sp³-hybridized carbons (Fsp3) is 0. The number of halogens is 2. The van der Waals surface area contributed by atoms with Gasteiger partial charge in [0.15, 0.2) is 0 Å². The van der Waals surface area contributed by atoms with Gasteiger partial charge >= 0.3 is 0 Å². The van der Waals surface area contributed by atoms with Crippen LogP contribution in [0.1, 0.15) is 0 Å². The lowest BCUT2D eigenvalue weighted by Gasteiger charge is -1.97. The van der Waals surface area contributed by atoms with E-state index in [4.69, 9.17) is 6.57 Å². The molecule has 0 saturated carbocycles. The molecule has 0 atom stereocenters. The van der Waals surface area contributed by atoms with Crippen LogP contribution in [0.4, 0.5) is 15.8 Å². The molecule has 0 fully saturated rings. The zero-order valence-corrected chi connectivity index (χ0v) is 7.71. The molecule has 0 radical (unpaired) electrons. The Morgan fingerprint density at radius 3 is 2.69 bits per heavy atom. The van der Waals surface area contributed by atoms with Crippen molar-refractivity contribution in [1.29, 1.82) is 0 Å². The van der Waals surface area contributed by atoms with E-state index in [1.165, 1.54) is 0 Å². The average molecular weight is 245 g/mol. The summed E-state index contributed by atoms with van der Waals surface area (Å²) in [6.07, 6.45) is 0. The van der Waals surface area contributed by atoms with Gasteiger partial charge in [-0.05, 0) is 6.07 Å². The maximum atomic E-state index is 12.7. The number of hydrogen-bond acceptors (Lipinski definition) is 2. The molecular weight excluding hydrogens is 243 g/mol. The topological polar surface area (TPSA) is 47.5 Å². The molecule has 0 amide bonds. The van der Waals surface area contributed by atoms with E-state index in [-0.39, 0.29) is 10.2 Å². The number of benzene rings is 1. The third-order valence-corrected chi connectivity index (χ3v) is 1.92. The standard InChI is InChI=1S/C7H2BrFN2O2/c1-10-7-5(8)2-4(9)3-6(7)11(12)13/h2-3H. The lowest BCUT2D eigenvalue weighted by molar-refractivity contribution is -0.384. The molecule has 0 aliphatic rings. The molecule has 0 aromatic heterocycles. The van der Waals surface area contributed by atoms with Crippen LogP contribution in [0.5, 0.6) is 0 Å². The van der Waals surface area contributed by atoms with Gasteiger partial charge in [0.25, 0.3) is 11.4 Å². The van der Waals surface area contributed by atoms with Crippen molar-refractivity contribution < 1.29 is 9.31 Å². The maximum absolute atomic E-state index is 12.7. The molecule has 1 rings (SSSR count). The molecule has 0 spiro atoms. The quantitative estimate of drug-likeness (QED) is 0.433. The number of nitro groups is 1. The molecule has 1 aromatic carbocycles. The zero-order valence-electron chi connectivity index (χ0n) is 6.12. The van der Waals surface area contributed by atoms with Gasteiger partial charge in [0.05, 0.1) is 11.5 Å². The van der Waals surface area contributed by atoms with Crippen molar-refractivity contribution in [3.63, 3.8) is 0 Å². The first-order valence-electron chi connectivity index (χ1n) is 3.07. The van der Waals surface area contributed by atoms with Crippen LogP contribution in [0.25, 0.3) is 4.85 Å². The minimum atomic E-state index is -0.790. The average Bonchev–Trinajstić information content (AvgIpc) is 2.02. The van der Waals surface area contributed by atoms with Crippen LogP contribution in [0.3, 0.4) is 0 Å². The predicted octanol–water partition coefficient (Wildman–Crippen LogP) is 3.05. The Morgan fingerprint density at radius 2 is 2.23 bits per heavy atom. The van der Waals surface area contributed by atoms with Crippen LogP contribution in [0, 0.1) is 22.5 Å². The summed E-state index contributed by atoms with van der Waals surface area (Å²) in [6.45, 7) is 6.66. The third-order valence-electron chi connectivity index (χ3n) is 1.32. The predicted molar refractivity (Wildman–Crippen MR) is 47.0 cm³/mol. The molecule has 0 aliphatic heterocycles. The van der Waals surface area contributed by atoms with E-state index in [9.17, 15) is 14.5 Å². The van der Waals surface area contributed by atoms with E-state index in [1.807, 2.05) is 0 Å². The van der Waals surface area contributed by atoms with Crippen LogP contribution >= 0.6 is 15.9 Å². The van der Waals surface area contributed by atoms with Gasteiger partial charge < -0.3 is 0 Å². The van der Waals surface area contributed by atoms with E-state index in [0.29, 0.717) is 0 Å². The Hall–Kier alpha value is -1.48. The van der Waals surface area contributed by atoms with Gasteiger partial charge in [-0.1, -0.05) is 15.9 Å². The van der Waals surface area contributed by atoms with E-state index in [2.05, 4.69) is 20.8 Å². The highest BCUT2D eigenvalue weighted by Gasteiger charge is 2.18. The van der Waals surface area contributed by atoms with Crippen molar-refractivity contribution in [2.75, 3.05) is 0 Å². The Kier molecular flexibility index (Phi) is 2.58. The van der Waals surface area contributed by atoms with Crippen molar-refractivity contribution in [2.24, 2.45) is 0 Å². The van der Waals surface area contributed by atoms with Gasteiger partial charge in [0.1, 0.15) is 5.82 Å². The lowest BCUT2D eigenvalue weighted by Crippen LogP contribution is -1.89. The summed E-state index contributed by atoms with van der Waals surface area (Å²) in [5.41, 5.74) is -0.715. The van der Waals surface area contributed by atoms with Gasteiger partial charge in [0, 0.05) is 10.5 Å². The first-order valence-corrected chi connectivity index (χ1v) is 3.86. The largest absolute Gasteiger partial charge is 0.283 e. The van der Waals surface area contributed by atoms with Gasteiger partial charge in [0.2, 0.25) is 0 Å². The fourth-order valence-electron chi connectivity index (χ4n) is 0.802. The molecular formula is C7H2BrFN2O2. The van der Waals surface area contributed by atoms with Crippen LogP contribution in [0.2, 0.25) is 0 Å². The molecule has 13 heavy (non-hydrogen) atoms. The highest BCUT2D eigenvalue weighted by atomic mass is 79.9. The highest BCUT2D eigenvalue weighted by molar-refractivity contribution is 9.10. The molecule has 0 aliphatic carbocycles. The normalized spacial score (nSPS) is 9.31. The van der Waals surface area contributed by atoms with Crippen LogP contribution in [-0.2, 0) is 0 Å². The molecule has 0 saturated heterocycles. The molecule has 0 N–H and O–H groups in total. The number of nitro benzene ring substituents is 1. The van der Waals surface area contributed by atoms with Gasteiger partial charge in [-0.15, -0.1) is 0 Å². The second kappa shape index (κ2) is 3.49.